The van der Waals surface area contributed by atoms with Gasteiger partial charge in [0.1, 0.15) is 30.2 Å². The maximum absolute atomic E-state index is 13.3. The van der Waals surface area contributed by atoms with Crippen LogP contribution in [0.2, 0.25) is 0 Å². The Bertz CT molecular complexity index is 1310. The highest BCUT2D eigenvalue weighted by atomic mass is 16.5. The van der Waals surface area contributed by atoms with E-state index in [0.29, 0.717) is 23.5 Å². The molecule has 0 radical (unpaired) electrons. The molecule has 3 aromatic carbocycles. The molecule has 1 unspecified atom stereocenters. The Morgan fingerprint density at radius 2 is 1.52 bits per heavy atom. The predicted molar refractivity (Wildman–Crippen MR) is 149 cm³/mol. The number of para-hydroxylation sites is 1. The Morgan fingerprint density at radius 1 is 0.900 bits per heavy atom. The molecule has 1 fully saturated rings. The summed E-state index contributed by atoms with van der Waals surface area (Å²) in [6, 6.07) is 23.4. The first-order valence-corrected chi connectivity index (χ1v) is 13.2. The summed E-state index contributed by atoms with van der Waals surface area (Å²) < 4.78 is 11.0. The summed E-state index contributed by atoms with van der Waals surface area (Å²) in [7, 11) is 0. The lowest BCUT2D eigenvalue weighted by Crippen LogP contribution is -2.49. The van der Waals surface area contributed by atoms with Gasteiger partial charge in [0.2, 0.25) is 5.91 Å². The quantitative estimate of drug-likeness (QED) is 0.394. The lowest BCUT2D eigenvalue weighted by atomic mass is 10.0. The van der Waals surface area contributed by atoms with Gasteiger partial charge in [-0.15, -0.1) is 0 Å². The number of amides is 3. The second-order valence-corrected chi connectivity index (χ2v) is 10.0. The third-order valence-corrected chi connectivity index (χ3v) is 6.36. The molecule has 3 amide bonds. The number of benzene rings is 3. The number of hydrogen-bond acceptors (Lipinski definition) is 6. The zero-order valence-corrected chi connectivity index (χ0v) is 22.5. The van der Waals surface area contributed by atoms with Crippen molar-refractivity contribution in [3.63, 3.8) is 0 Å². The number of nitrogens with zero attached hydrogens (tertiary/aromatic N) is 1. The molecular formula is C31H33N3O6. The number of ether oxygens (including phenoxy) is 2. The van der Waals surface area contributed by atoms with Crippen molar-refractivity contribution in [3.8, 4) is 11.5 Å². The van der Waals surface area contributed by atoms with Gasteiger partial charge in [-0.1, -0.05) is 62.4 Å². The first-order chi connectivity index (χ1) is 19.3. The van der Waals surface area contributed by atoms with Crippen molar-refractivity contribution in [2.45, 2.75) is 39.0 Å². The topological polar surface area (TPSA) is 114 Å². The fraction of sp³-hybridized carbons (Fsp3) is 0.290. The van der Waals surface area contributed by atoms with E-state index in [4.69, 9.17) is 9.47 Å². The minimum atomic E-state index is -0.859. The van der Waals surface area contributed by atoms with E-state index >= 15 is 0 Å². The lowest BCUT2D eigenvalue weighted by Gasteiger charge is -2.25. The summed E-state index contributed by atoms with van der Waals surface area (Å²) in [5.74, 6) is 0.253. The van der Waals surface area contributed by atoms with Gasteiger partial charge in [0.05, 0.1) is 6.54 Å². The summed E-state index contributed by atoms with van der Waals surface area (Å²) in [4.78, 5) is 52.6. The first-order valence-electron chi connectivity index (χ1n) is 13.2. The van der Waals surface area contributed by atoms with Gasteiger partial charge in [0, 0.05) is 12.1 Å². The number of likely N-dealkylation sites (tertiary alicyclic amines) is 1. The summed E-state index contributed by atoms with van der Waals surface area (Å²) in [6.07, 6.45) is -0.337. The summed E-state index contributed by atoms with van der Waals surface area (Å²) in [5, 5.41) is 5.37. The fourth-order valence-corrected chi connectivity index (χ4v) is 4.34. The van der Waals surface area contributed by atoms with Crippen molar-refractivity contribution in [2.24, 2.45) is 5.92 Å². The molecular weight excluding hydrogens is 510 g/mol. The van der Waals surface area contributed by atoms with E-state index in [1.165, 1.54) is 4.90 Å². The molecule has 1 heterocycles. The highest BCUT2D eigenvalue weighted by molar-refractivity contribution is 6.01. The number of nitrogens with one attached hydrogen (secondary N) is 2. The van der Waals surface area contributed by atoms with Crippen molar-refractivity contribution < 1.29 is 28.7 Å². The van der Waals surface area contributed by atoms with E-state index in [1.54, 1.807) is 24.3 Å². The third-order valence-electron chi connectivity index (χ3n) is 6.36. The maximum Gasteiger partial charge on any atom is 0.408 e. The van der Waals surface area contributed by atoms with Gasteiger partial charge in [-0.05, 0) is 54.3 Å². The molecule has 3 aromatic rings. The molecule has 9 nitrogen and oxygen atoms in total. The standard InChI is InChI=1S/C31H33N3O6/c1-21(2)17-26(33-31(38)39-20-22-9-5-3-6-10-22)30(37)34-18-27(28(35)19-34)32-29(36)23-13-15-25(16-14-23)40-24-11-7-4-8-12-24/h3-16,21,26-27H,17-20H2,1-2H3,(H,32,36)(H,33,38)/t26-,27?/m0/s1. The van der Waals surface area contributed by atoms with Crippen molar-refractivity contribution in [1.29, 1.82) is 0 Å². The van der Waals surface area contributed by atoms with Crippen LogP contribution in [-0.2, 0) is 20.9 Å². The van der Waals surface area contributed by atoms with Crippen LogP contribution in [0.5, 0.6) is 11.5 Å². The van der Waals surface area contributed by atoms with Crippen LogP contribution in [0.15, 0.2) is 84.9 Å². The Labute approximate surface area is 233 Å². The van der Waals surface area contributed by atoms with Crippen LogP contribution < -0.4 is 15.4 Å². The molecule has 0 saturated carbocycles. The monoisotopic (exact) mass is 543 g/mol. The molecule has 0 aliphatic carbocycles. The van der Waals surface area contributed by atoms with E-state index in [0.717, 1.165) is 5.56 Å². The second-order valence-electron chi connectivity index (χ2n) is 10.0. The van der Waals surface area contributed by atoms with Crippen LogP contribution in [-0.4, -0.2) is 53.8 Å². The van der Waals surface area contributed by atoms with Gasteiger partial charge in [0.25, 0.3) is 5.91 Å². The lowest BCUT2D eigenvalue weighted by molar-refractivity contribution is -0.134. The van der Waals surface area contributed by atoms with Gasteiger partial charge >= 0.3 is 6.09 Å². The van der Waals surface area contributed by atoms with Crippen molar-refractivity contribution in [3.05, 3.63) is 96.1 Å². The first kappa shape index (κ1) is 28.4. The Morgan fingerprint density at radius 3 is 2.17 bits per heavy atom. The van der Waals surface area contributed by atoms with E-state index in [-0.39, 0.29) is 31.4 Å². The minimum absolute atomic E-state index is 0.0218. The summed E-state index contributed by atoms with van der Waals surface area (Å²) in [5.41, 5.74) is 1.19. The normalized spacial score (nSPS) is 15.4. The zero-order valence-electron chi connectivity index (χ0n) is 22.5. The molecule has 208 valence electrons. The van der Waals surface area contributed by atoms with Crippen molar-refractivity contribution in [1.82, 2.24) is 15.5 Å². The van der Waals surface area contributed by atoms with Crippen molar-refractivity contribution in [2.75, 3.05) is 13.1 Å². The molecule has 40 heavy (non-hydrogen) atoms. The van der Waals surface area contributed by atoms with E-state index in [2.05, 4.69) is 10.6 Å². The maximum atomic E-state index is 13.3. The molecule has 0 spiro atoms. The van der Waals surface area contributed by atoms with Crippen LogP contribution in [0, 0.1) is 5.92 Å². The van der Waals surface area contributed by atoms with Gasteiger partial charge < -0.3 is 25.0 Å². The Kier molecular flexibility index (Phi) is 9.51. The summed E-state index contributed by atoms with van der Waals surface area (Å²) in [6.45, 7) is 3.82. The van der Waals surface area contributed by atoms with Gasteiger partial charge in [-0.2, -0.15) is 0 Å². The van der Waals surface area contributed by atoms with Crippen LogP contribution >= 0.6 is 0 Å². The highest BCUT2D eigenvalue weighted by Crippen LogP contribution is 2.21. The van der Waals surface area contributed by atoms with Gasteiger partial charge in [-0.3, -0.25) is 14.4 Å². The highest BCUT2D eigenvalue weighted by Gasteiger charge is 2.38. The van der Waals surface area contributed by atoms with E-state index < -0.39 is 30.0 Å². The average molecular weight is 544 g/mol. The Hall–Kier alpha value is -4.66. The van der Waals surface area contributed by atoms with Crippen LogP contribution in [0.25, 0.3) is 0 Å². The molecule has 0 aromatic heterocycles. The van der Waals surface area contributed by atoms with E-state index in [1.807, 2.05) is 74.5 Å². The van der Waals surface area contributed by atoms with Crippen molar-refractivity contribution >= 4 is 23.7 Å². The number of carbonyl (C=O) groups excluding carboxylic acids is 4. The number of carbonyl (C=O) groups is 4. The van der Waals surface area contributed by atoms with Crippen LogP contribution in [0.1, 0.15) is 36.2 Å². The van der Waals surface area contributed by atoms with Crippen LogP contribution in [0.3, 0.4) is 0 Å². The number of ketones is 1. The summed E-state index contributed by atoms with van der Waals surface area (Å²) >= 11 is 0. The number of rotatable bonds is 10. The van der Waals surface area contributed by atoms with Crippen LogP contribution in [0.4, 0.5) is 4.79 Å². The molecule has 4 rings (SSSR count). The molecule has 2 N–H and O–H groups in total. The Balaban J connectivity index is 1.32. The largest absolute Gasteiger partial charge is 0.457 e. The SMILES string of the molecule is CC(C)C[C@H](NC(=O)OCc1ccccc1)C(=O)N1CC(=O)C(NC(=O)c2ccc(Oc3ccccc3)cc2)C1. The number of hydrogen-bond donors (Lipinski definition) is 2. The minimum Gasteiger partial charge on any atom is -0.457 e. The molecule has 2 atom stereocenters. The zero-order chi connectivity index (χ0) is 28.5. The predicted octanol–water partition coefficient (Wildman–Crippen LogP) is 4.33. The third kappa shape index (κ3) is 7.92. The smallest absolute Gasteiger partial charge is 0.408 e. The molecule has 9 heteroatoms. The second kappa shape index (κ2) is 13.4. The molecule has 1 aliphatic rings. The average Bonchev–Trinajstić information content (AvgIpc) is 3.32. The number of alkyl carbamates (subject to hydrolysis) is 1. The van der Waals surface area contributed by atoms with Gasteiger partial charge in [-0.25, -0.2) is 4.79 Å². The van der Waals surface area contributed by atoms with E-state index in [9.17, 15) is 19.2 Å². The molecule has 1 saturated heterocycles. The fourth-order valence-electron chi connectivity index (χ4n) is 4.34. The molecule has 1 aliphatic heterocycles. The number of Topliss-reactive ketones (excluding diaryl/α,β-unsaturated/α-hetero) is 1. The molecule has 0 bridgehead atoms. The van der Waals surface area contributed by atoms with Gasteiger partial charge in [0.15, 0.2) is 5.78 Å².